The third kappa shape index (κ3) is 4.31. The molecule has 1 spiro atoms. The van der Waals surface area contributed by atoms with Gasteiger partial charge in [0, 0.05) is 25.7 Å². The maximum Gasteiger partial charge on any atom is 0.310 e. The predicted molar refractivity (Wildman–Crippen MR) is 131 cm³/mol. The normalized spacial score (nSPS) is 34.3. The zero-order valence-corrected chi connectivity index (χ0v) is 21.1. The average Bonchev–Trinajstić information content (AvgIpc) is 3.46. The van der Waals surface area contributed by atoms with Crippen molar-refractivity contribution < 1.29 is 29.3 Å². The number of carboxylic acids is 1. The molecule has 1 saturated carbocycles. The second-order valence-corrected chi connectivity index (χ2v) is 10.9. The average molecular weight is 491 g/mol. The van der Waals surface area contributed by atoms with Crippen molar-refractivity contribution >= 4 is 17.8 Å². The number of likely N-dealkylation sites (tertiary alicyclic amines) is 1. The molecule has 196 valence electrons. The molecular formula is C27H42N2O6. The molecule has 2 unspecified atom stereocenters. The Kier molecular flexibility index (Phi) is 7.91. The van der Waals surface area contributed by atoms with Gasteiger partial charge in [-0.25, -0.2) is 0 Å². The molecule has 4 fully saturated rings. The topological polar surface area (TPSA) is 107 Å². The summed E-state index contributed by atoms with van der Waals surface area (Å²) in [4.78, 5) is 44.2. The number of hydrogen-bond acceptors (Lipinski definition) is 5. The van der Waals surface area contributed by atoms with Crippen molar-refractivity contribution in [3.05, 3.63) is 12.7 Å². The van der Waals surface area contributed by atoms with Gasteiger partial charge in [0.25, 0.3) is 0 Å². The zero-order valence-electron chi connectivity index (χ0n) is 21.1. The Morgan fingerprint density at radius 3 is 2.51 bits per heavy atom. The molecule has 2 N–H and O–H groups in total. The van der Waals surface area contributed by atoms with Gasteiger partial charge in [-0.15, -0.1) is 6.58 Å². The van der Waals surface area contributed by atoms with Crippen LogP contribution in [0.15, 0.2) is 12.7 Å². The first kappa shape index (κ1) is 26.1. The van der Waals surface area contributed by atoms with Crippen molar-refractivity contribution in [2.45, 2.75) is 107 Å². The molecule has 2 bridgehead atoms. The van der Waals surface area contributed by atoms with Crippen LogP contribution in [0.3, 0.4) is 0 Å². The second-order valence-electron chi connectivity index (χ2n) is 10.9. The van der Waals surface area contributed by atoms with Crippen molar-refractivity contribution in [3.63, 3.8) is 0 Å². The molecule has 0 radical (unpaired) electrons. The number of carbonyl (C=O) groups excluding carboxylic acids is 2. The van der Waals surface area contributed by atoms with Gasteiger partial charge in [-0.3, -0.25) is 14.4 Å². The number of aliphatic carboxylic acids is 1. The first-order chi connectivity index (χ1) is 16.9. The molecule has 0 aromatic heterocycles. The van der Waals surface area contributed by atoms with Gasteiger partial charge in [0.15, 0.2) is 0 Å². The summed E-state index contributed by atoms with van der Waals surface area (Å²) < 4.78 is 6.64. The Hall–Kier alpha value is -1.93. The summed E-state index contributed by atoms with van der Waals surface area (Å²) in [5.41, 5.74) is -1.96. The smallest absolute Gasteiger partial charge is 0.310 e. The third-order valence-corrected chi connectivity index (χ3v) is 9.11. The minimum Gasteiger partial charge on any atom is -0.481 e. The number of unbranched alkanes of at least 4 members (excludes halogenated alkanes) is 3. The van der Waals surface area contributed by atoms with Gasteiger partial charge in [0.2, 0.25) is 11.8 Å². The fourth-order valence-electron chi connectivity index (χ4n) is 7.47. The van der Waals surface area contributed by atoms with E-state index in [9.17, 15) is 19.5 Å². The first-order valence-electron chi connectivity index (χ1n) is 13.6. The molecule has 5 atom stereocenters. The number of nitrogens with zero attached hydrogens (tertiary/aromatic N) is 2. The monoisotopic (exact) mass is 490 g/mol. The maximum atomic E-state index is 14.3. The van der Waals surface area contributed by atoms with Crippen LogP contribution in [-0.2, 0) is 19.1 Å². The highest BCUT2D eigenvalue weighted by molar-refractivity contribution is 5.98. The SMILES string of the molecule is C=CCN(C(=O)C1N(CCCCCCO)C(=O)[C@@H]2[C@H](C(=O)O)[C@]3(CC)CCC12O3)C1CCCCC1. The molecule has 4 aliphatic rings. The van der Waals surface area contributed by atoms with Crippen molar-refractivity contribution in [3.8, 4) is 0 Å². The lowest BCUT2D eigenvalue weighted by molar-refractivity contribution is -0.158. The van der Waals surface area contributed by atoms with Crippen LogP contribution in [0.1, 0.15) is 84.0 Å². The van der Waals surface area contributed by atoms with E-state index in [0.717, 1.165) is 38.5 Å². The summed E-state index contributed by atoms with van der Waals surface area (Å²) in [5, 5.41) is 19.3. The van der Waals surface area contributed by atoms with Crippen molar-refractivity contribution in [1.82, 2.24) is 9.80 Å². The van der Waals surface area contributed by atoms with Crippen LogP contribution in [0, 0.1) is 11.8 Å². The molecule has 8 heteroatoms. The molecule has 3 saturated heterocycles. The number of aliphatic hydroxyl groups is 1. The second kappa shape index (κ2) is 10.6. The Balaban J connectivity index is 1.69. The largest absolute Gasteiger partial charge is 0.481 e. The molecule has 0 aromatic rings. The Morgan fingerprint density at radius 1 is 1.17 bits per heavy atom. The van der Waals surface area contributed by atoms with Crippen molar-refractivity contribution in [2.75, 3.05) is 19.7 Å². The van der Waals surface area contributed by atoms with E-state index in [2.05, 4.69) is 6.58 Å². The van der Waals surface area contributed by atoms with Crippen LogP contribution < -0.4 is 0 Å². The van der Waals surface area contributed by atoms with Crippen LogP contribution in [0.2, 0.25) is 0 Å². The van der Waals surface area contributed by atoms with Crippen LogP contribution in [0.5, 0.6) is 0 Å². The molecular weight excluding hydrogens is 448 g/mol. The fraction of sp³-hybridized carbons (Fsp3) is 0.815. The summed E-state index contributed by atoms with van der Waals surface area (Å²) in [5.74, 6) is -3.10. The van der Waals surface area contributed by atoms with E-state index in [4.69, 9.17) is 9.84 Å². The number of aliphatic hydroxyl groups excluding tert-OH is 1. The first-order valence-corrected chi connectivity index (χ1v) is 13.6. The lowest BCUT2D eigenvalue weighted by atomic mass is 9.65. The van der Waals surface area contributed by atoms with Crippen LogP contribution in [0.25, 0.3) is 0 Å². The molecule has 3 aliphatic heterocycles. The van der Waals surface area contributed by atoms with Gasteiger partial charge >= 0.3 is 5.97 Å². The van der Waals surface area contributed by atoms with E-state index in [0.29, 0.717) is 45.2 Å². The van der Waals surface area contributed by atoms with Crippen molar-refractivity contribution in [1.29, 1.82) is 0 Å². The van der Waals surface area contributed by atoms with E-state index < -0.39 is 35.0 Å². The highest BCUT2D eigenvalue weighted by Gasteiger charge is 2.79. The lowest BCUT2D eigenvalue weighted by Gasteiger charge is -2.41. The van der Waals surface area contributed by atoms with Gasteiger partial charge in [0.05, 0.1) is 11.5 Å². The number of carbonyl (C=O) groups is 3. The fourth-order valence-corrected chi connectivity index (χ4v) is 7.47. The lowest BCUT2D eigenvalue weighted by Crippen LogP contribution is -2.58. The van der Waals surface area contributed by atoms with Gasteiger partial charge < -0.3 is 24.7 Å². The summed E-state index contributed by atoms with van der Waals surface area (Å²) in [6, 6.07) is -0.683. The number of rotatable bonds is 12. The standard InChI is InChI=1S/C27H42N2O6/c1-3-16-28(19-12-8-7-9-13-19)24(32)22-27-15-14-26(4-2,35-27)21(25(33)34)20(27)23(31)29(22)17-10-5-6-11-18-30/h3,19-22,30H,1,4-18H2,2H3,(H,33,34)/t20-,21+,22?,26-,27?/m0/s1. The third-order valence-electron chi connectivity index (χ3n) is 9.11. The van der Waals surface area contributed by atoms with Crippen molar-refractivity contribution in [2.24, 2.45) is 11.8 Å². The quantitative estimate of drug-likeness (QED) is 0.322. The molecule has 0 aromatic carbocycles. The number of amides is 2. The van der Waals surface area contributed by atoms with Crippen LogP contribution in [0.4, 0.5) is 0 Å². The van der Waals surface area contributed by atoms with E-state index >= 15 is 0 Å². The van der Waals surface area contributed by atoms with Gasteiger partial charge in [-0.1, -0.05) is 45.1 Å². The molecule has 1 aliphatic carbocycles. The molecule has 4 rings (SSSR count). The number of carboxylic acid groups (broad SMARTS) is 1. The number of fused-ring (bicyclic) bond motifs is 1. The van der Waals surface area contributed by atoms with Gasteiger partial charge in [-0.05, 0) is 44.9 Å². The number of hydrogen-bond donors (Lipinski definition) is 2. The van der Waals surface area contributed by atoms with Gasteiger partial charge in [-0.2, -0.15) is 0 Å². The summed E-state index contributed by atoms with van der Waals surface area (Å²) >= 11 is 0. The molecule has 8 nitrogen and oxygen atoms in total. The van der Waals surface area contributed by atoms with E-state index in [1.54, 1.807) is 11.0 Å². The maximum absolute atomic E-state index is 14.3. The van der Waals surface area contributed by atoms with E-state index in [1.807, 2.05) is 11.8 Å². The minimum atomic E-state index is -1.08. The van der Waals surface area contributed by atoms with E-state index in [1.165, 1.54) is 6.42 Å². The van der Waals surface area contributed by atoms with Gasteiger partial charge in [0.1, 0.15) is 17.6 Å². The summed E-state index contributed by atoms with van der Waals surface area (Å²) in [7, 11) is 0. The molecule has 2 amide bonds. The minimum absolute atomic E-state index is 0.110. The van der Waals surface area contributed by atoms with E-state index in [-0.39, 0.29) is 24.5 Å². The predicted octanol–water partition coefficient (Wildman–Crippen LogP) is 3.13. The highest BCUT2D eigenvalue weighted by Crippen LogP contribution is 2.64. The Bertz CT molecular complexity index is 826. The Morgan fingerprint density at radius 2 is 1.89 bits per heavy atom. The van der Waals surface area contributed by atoms with Crippen LogP contribution >= 0.6 is 0 Å². The number of ether oxygens (including phenoxy) is 1. The highest BCUT2D eigenvalue weighted by atomic mass is 16.5. The molecule has 3 heterocycles. The van der Waals surface area contributed by atoms with Crippen LogP contribution in [-0.4, -0.2) is 80.8 Å². The molecule has 35 heavy (non-hydrogen) atoms. The zero-order chi connectivity index (χ0) is 25.2. The summed E-state index contributed by atoms with van der Waals surface area (Å²) in [6.07, 6.45) is 11.7. The summed E-state index contributed by atoms with van der Waals surface area (Å²) in [6.45, 7) is 6.76. The Labute approximate surface area is 208 Å².